The number of nitrogens with zero attached hydrogens (tertiary/aromatic N) is 1. The fraction of sp³-hybridized carbons (Fsp3) is 0.417. The lowest BCUT2D eigenvalue weighted by Crippen LogP contribution is -2.47. The zero-order chi connectivity index (χ0) is 11.5. The zero-order valence-corrected chi connectivity index (χ0v) is 9.29. The summed E-state index contributed by atoms with van der Waals surface area (Å²) >= 11 is 0. The molecule has 86 valence electrons. The first kappa shape index (κ1) is 11.1. The Hall–Kier alpha value is -1.42. The minimum Gasteiger partial charge on any atom is -0.336 e. The fourth-order valence-corrected chi connectivity index (χ4v) is 1.86. The van der Waals surface area contributed by atoms with Gasteiger partial charge in [0, 0.05) is 19.6 Å². The summed E-state index contributed by atoms with van der Waals surface area (Å²) in [6.07, 6.45) is 0. The van der Waals surface area contributed by atoms with Crippen molar-refractivity contribution >= 4 is 5.91 Å². The summed E-state index contributed by atoms with van der Waals surface area (Å²) in [5, 5.41) is 3.02. The molecule has 0 saturated carbocycles. The first-order valence-electron chi connectivity index (χ1n) is 5.40. The van der Waals surface area contributed by atoms with Crippen molar-refractivity contribution in [2.24, 2.45) is 0 Å². The van der Waals surface area contributed by atoms with E-state index in [4.69, 9.17) is 0 Å². The maximum Gasteiger partial charge on any atom is 0.236 e. The van der Waals surface area contributed by atoms with Crippen molar-refractivity contribution in [1.29, 1.82) is 0 Å². The maximum absolute atomic E-state index is 12.9. The molecule has 1 amide bonds. The first-order valence-corrected chi connectivity index (χ1v) is 5.40. The van der Waals surface area contributed by atoms with E-state index in [1.165, 1.54) is 12.1 Å². The number of aryl methyl sites for hydroxylation is 1. The third-order valence-corrected chi connectivity index (χ3v) is 2.85. The van der Waals surface area contributed by atoms with Crippen molar-refractivity contribution in [3.63, 3.8) is 0 Å². The molecule has 0 bridgehead atoms. The summed E-state index contributed by atoms with van der Waals surface area (Å²) < 4.78 is 12.9. The molecule has 1 aliphatic rings. The van der Waals surface area contributed by atoms with E-state index in [9.17, 15) is 9.18 Å². The Balaban J connectivity index is 2.10. The third kappa shape index (κ3) is 2.39. The van der Waals surface area contributed by atoms with Crippen LogP contribution in [0.25, 0.3) is 0 Å². The standard InChI is InChI=1S/C12H15FN2O/c1-9-6-11(13)3-2-10(9)8-15-5-4-14-7-12(15)16/h2-3,6,14H,4-5,7-8H2,1H3. The molecule has 0 radical (unpaired) electrons. The number of hydrogen-bond acceptors (Lipinski definition) is 2. The summed E-state index contributed by atoms with van der Waals surface area (Å²) in [6, 6.07) is 4.69. The average molecular weight is 222 g/mol. The van der Waals surface area contributed by atoms with E-state index in [0.29, 0.717) is 13.1 Å². The van der Waals surface area contributed by atoms with E-state index < -0.39 is 0 Å². The lowest BCUT2D eigenvalue weighted by molar-refractivity contribution is -0.132. The highest BCUT2D eigenvalue weighted by atomic mass is 19.1. The summed E-state index contributed by atoms with van der Waals surface area (Å²) in [6.45, 7) is 4.39. The van der Waals surface area contributed by atoms with Gasteiger partial charge in [-0.15, -0.1) is 0 Å². The molecule has 4 heteroatoms. The molecule has 1 N–H and O–H groups in total. The summed E-state index contributed by atoms with van der Waals surface area (Å²) in [5.41, 5.74) is 1.91. The van der Waals surface area contributed by atoms with Crippen LogP contribution in [0.4, 0.5) is 4.39 Å². The van der Waals surface area contributed by atoms with Crippen LogP contribution in [0, 0.1) is 12.7 Å². The normalized spacial score (nSPS) is 16.6. The largest absolute Gasteiger partial charge is 0.336 e. The fourth-order valence-electron chi connectivity index (χ4n) is 1.86. The van der Waals surface area contributed by atoms with Crippen LogP contribution in [0.5, 0.6) is 0 Å². The predicted molar refractivity (Wildman–Crippen MR) is 59.4 cm³/mol. The van der Waals surface area contributed by atoms with Gasteiger partial charge in [0.25, 0.3) is 0 Å². The van der Waals surface area contributed by atoms with Crippen molar-refractivity contribution in [3.05, 3.63) is 35.1 Å². The number of amides is 1. The van der Waals surface area contributed by atoms with E-state index in [0.717, 1.165) is 24.2 Å². The van der Waals surface area contributed by atoms with Crippen LogP contribution in [0.1, 0.15) is 11.1 Å². The van der Waals surface area contributed by atoms with Gasteiger partial charge in [-0.25, -0.2) is 4.39 Å². The smallest absolute Gasteiger partial charge is 0.236 e. The summed E-state index contributed by atoms with van der Waals surface area (Å²) in [7, 11) is 0. The SMILES string of the molecule is Cc1cc(F)ccc1CN1CCNCC1=O. The number of nitrogens with one attached hydrogen (secondary N) is 1. The Morgan fingerprint density at radius 2 is 2.31 bits per heavy atom. The Morgan fingerprint density at radius 1 is 1.50 bits per heavy atom. The molecule has 1 heterocycles. The van der Waals surface area contributed by atoms with Gasteiger partial charge in [0.2, 0.25) is 5.91 Å². The Morgan fingerprint density at radius 3 is 3.00 bits per heavy atom. The van der Waals surface area contributed by atoms with E-state index in [1.54, 1.807) is 11.0 Å². The highest BCUT2D eigenvalue weighted by molar-refractivity contribution is 5.79. The molecule has 16 heavy (non-hydrogen) atoms. The monoisotopic (exact) mass is 222 g/mol. The molecule has 2 rings (SSSR count). The van der Waals surface area contributed by atoms with Gasteiger partial charge in [0.05, 0.1) is 6.54 Å². The molecule has 1 fully saturated rings. The van der Waals surface area contributed by atoms with Crippen molar-refractivity contribution in [2.75, 3.05) is 19.6 Å². The number of rotatable bonds is 2. The van der Waals surface area contributed by atoms with Crippen molar-refractivity contribution in [2.45, 2.75) is 13.5 Å². The second-order valence-electron chi connectivity index (χ2n) is 4.06. The molecule has 3 nitrogen and oxygen atoms in total. The maximum atomic E-state index is 12.9. The lowest BCUT2D eigenvalue weighted by atomic mass is 10.1. The molecule has 1 saturated heterocycles. The number of carbonyl (C=O) groups is 1. The van der Waals surface area contributed by atoms with Gasteiger partial charge in [0.1, 0.15) is 5.82 Å². The Labute approximate surface area is 94.3 Å². The van der Waals surface area contributed by atoms with Crippen molar-refractivity contribution < 1.29 is 9.18 Å². The predicted octanol–water partition coefficient (Wildman–Crippen LogP) is 1.07. The highest BCUT2D eigenvalue weighted by Crippen LogP contribution is 2.13. The molecule has 1 aromatic carbocycles. The minimum atomic E-state index is -0.229. The van der Waals surface area contributed by atoms with E-state index in [1.807, 2.05) is 6.92 Å². The van der Waals surface area contributed by atoms with Crippen LogP contribution in [0.3, 0.4) is 0 Å². The van der Waals surface area contributed by atoms with E-state index in [2.05, 4.69) is 5.32 Å². The number of halogens is 1. The van der Waals surface area contributed by atoms with Crippen LogP contribution in [0.2, 0.25) is 0 Å². The Kier molecular flexibility index (Phi) is 3.19. The molecule has 0 unspecified atom stereocenters. The van der Waals surface area contributed by atoms with Crippen molar-refractivity contribution in [1.82, 2.24) is 10.2 Å². The minimum absolute atomic E-state index is 0.106. The van der Waals surface area contributed by atoms with Crippen LogP contribution in [-0.2, 0) is 11.3 Å². The van der Waals surface area contributed by atoms with Crippen LogP contribution in [0.15, 0.2) is 18.2 Å². The average Bonchev–Trinajstić information content (AvgIpc) is 2.25. The first-order chi connectivity index (χ1) is 7.66. The second kappa shape index (κ2) is 4.61. The van der Waals surface area contributed by atoms with Gasteiger partial charge in [-0.2, -0.15) is 0 Å². The van der Waals surface area contributed by atoms with Crippen LogP contribution < -0.4 is 5.32 Å². The molecule has 0 aliphatic carbocycles. The Bertz CT molecular complexity index is 406. The molecular formula is C12H15FN2O. The number of benzene rings is 1. The topological polar surface area (TPSA) is 32.3 Å². The summed E-state index contributed by atoms with van der Waals surface area (Å²) in [4.78, 5) is 13.4. The number of carbonyl (C=O) groups excluding carboxylic acids is 1. The lowest BCUT2D eigenvalue weighted by Gasteiger charge is -2.27. The molecule has 0 aromatic heterocycles. The van der Waals surface area contributed by atoms with Gasteiger partial charge >= 0.3 is 0 Å². The zero-order valence-electron chi connectivity index (χ0n) is 9.29. The van der Waals surface area contributed by atoms with E-state index >= 15 is 0 Å². The van der Waals surface area contributed by atoms with E-state index in [-0.39, 0.29) is 11.7 Å². The molecule has 1 aromatic rings. The summed E-state index contributed by atoms with van der Waals surface area (Å²) in [5.74, 6) is -0.122. The van der Waals surface area contributed by atoms with Gasteiger partial charge in [0.15, 0.2) is 0 Å². The van der Waals surface area contributed by atoms with Gasteiger partial charge in [-0.3, -0.25) is 4.79 Å². The van der Waals surface area contributed by atoms with Crippen LogP contribution >= 0.6 is 0 Å². The molecule has 0 atom stereocenters. The quantitative estimate of drug-likeness (QED) is 0.811. The van der Waals surface area contributed by atoms with Gasteiger partial charge in [-0.1, -0.05) is 6.07 Å². The molecular weight excluding hydrogens is 207 g/mol. The van der Waals surface area contributed by atoms with Gasteiger partial charge in [-0.05, 0) is 30.2 Å². The molecule has 1 aliphatic heterocycles. The number of hydrogen-bond donors (Lipinski definition) is 1. The van der Waals surface area contributed by atoms with Gasteiger partial charge < -0.3 is 10.2 Å². The highest BCUT2D eigenvalue weighted by Gasteiger charge is 2.18. The molecule has 0 spiro atoms. The van der Waals surface area contributed by atoms with Crippen LogP contribution in [-0.4, -0.2) is 30.4 Å². The number of piperazine rings is 1. The second-order valence-corrected chi connectivity index (χ2v) is 4.06. The van der Waals surface area contributed by atoms with Crippen molar-refractivity contribution in [3.8, 4) is 0 Å². The third-order valence-electron chi connectivity index (χ3n) is 2.85.